The van der Waals surface area contributed by atoms with Crippen LogP contribution in [-0.2, 0) is 0 Å². The number of hydrogen-bond donors (Lipinski definition) is 0. The Morgan fingerprint density at radius 1 is 0.425 bits per heavy atom. The molecule has 9 rings (SSSR count). The van der Waals surface area contributed by atoms with Crippen LogP contribution in [0.5, 0.6) is 0 Å². The van der Waals surface area contributed by atoms with Crippen LogP contribution >= 0.6 is 11.8 Å². The van der Waals surface area contributed by atoms with Gasteiger partial charge in [-0.15, -0.1) is 0 Å². The molecular weight excluding hydrogens is 502 g/mol. The lowest BCUT2D eigenvalue weighted by atomic mass is 9.94. The molecule has 2 heterocycles. The van der Waals surface area contributed by atoms with Crippen molar-refractivity contribution in [2.75, 3.05) is 0 Å². The van der Waals surface area contributed by atoms with Gasteiger partial charge >= 0.3 is 0 Å². The second-order valence-electron chi connectivity index (χ2n) is 10.6. The van der Waals surface area contributed by atoms with E-state index in [0.717, 1.165) is 0 Å². The normalized spacial score (nSPS) is 12.4. The van der Waals surface area contributed by atoms with E-state index in [2.05, 4.69) is 144 Å². The first-order valence-electron chi connectivity index (χ1n) is 13.7. The molecule has 0 fully saturated rings. The monoisotopic (exact) mass is 525 g/mol. The first kappa shape index (κ1) is 22.1. The zero-order chi connectivity index (χ0) is 26.2. The number of rotatable bonds is 2. The average Bonchev–Trinajstić information content (AvgIpc) is 3.33. The van der Waals surface area contributed by atoms with Gasteiger partial charge in [-0.25, -0.2) is 0 Å². The zero-order valence-electron chi connectivity index (χ0n) is 21.6. The number of fused-ring (bicyclic) bond motifs is 6. The number of aromatic nitrogens is 1. The van der Waals surface area contributed by atoms with Crippen molar-refractivity contribution in [3.63, 3.8) is 0 Å². The Bertz CT molecular complexity index is 2290. The molecule has 0 aliphatic carbocycles. The van der Waals surface area contributed by atoms with Crippen molar-refractivity contribution in [2.24, 2.45) is 0 Å². The molecule has 7 aromatic carbocycles. The quantitative estimate of drug-likeness (QED) is 0.217. The number of para-hydroxylation sites is 1. The molecule has 1 aromatic heterocycles. The smallest absolute Gasteiger partial charge is 0.0547 e. The molecule has 1 aliphatic rings. The third-order valence-electron chi connectivity index (χ3n) is 8.34. The van der Waals surface area contributed by atoms with Gasteiger partial charge in [-0.1, -0.05) is 103 Å². The molecule has 0 atom stereocenters. The Hall–Kier alpha value is -4.79. The summed E-state index contributed by atoms with van der Waals surface area (Å²) in [4.78, 5) is 2.66. The van der Waals surface area contributed by atoms with E-state index in [1.807, 2.05) is 11.8 Å². The van der Waals surface area contributed by atoms with Crippen LogP contribution in [0.1, 0.15) is 0 Å². The molecule has 0 bridgehead atoms. The second kappa shape index (κ2) is 8.35. The summed E-state index contributed by atoms with van der Waals surface area (Å²) in [7, 11) is 0. The standard InChI is InChI=1S/C38H23NS/c1-2-12-29(13-3-1)39-34-23-28(16-18-30(34)32-20-25-8-4-5-9-26(25)22-35(32)39)27-17-19-36-33(21-27)31-14-6-10-24-11-7-15-37(40-36)38(24)31/h1-23H. The SMILES string of the molecule is c1ccc(-n2c3cc(-c4ccc5c(c4)-c4cccc6cccc(c46)S5)ccc3c3cc4ccccc4cc32)cc1. The highest BCUT2D eigenvalue weighted by molar-refractivity contribution is 7.99. The molecule has 0 spiro atoms. The Balaban J connectivity index is 1.30. The van der Waals surface area contributed by atoms with Crippen LogP contribution in [0.3, 0.4) is 0 Å². The van der Waals surface area contributed by atoms with Crippen LogP contribution in [0.25, 0.3) is 71.3 Å². The molecule has 1 nitrogen and oxygen atoms in total. The van der Waals surface area contributed by atoms with E-state index in [9.17, 15) is 0 Å². The predicted molar refractivity (Wildman–Crippen MR) is 171 cm³/mol. The van der Waals surface area contributed by atoms with E-state index >= 15 is 0 Å². The minimum Gasteiger partial charge on any atom is -0.309 e. The number of nitrogens with zero attached hydrogens (tertiary/aromatic N) is 1. The summed E-state index contributed by atoms with van der Waals surface area (Å²) in [5, 5.41) is 7.77. The Morgan fingerprint density at radius 2 is 1.12 bits per heavy atom. The molecule has 0 unspecified atom stereocenters. The molecule has 40 heavy (non-hydrogen) atoms. The van der Waals surface area contributed by atoms with Gasteiger partial charge in [0.1, 0.15) is 0 Å². The molecule has 2 heteroatoms. The van der Waals surface area contributed by atoms with E-state index in [-0.39, 0.29) is 0 Å². The molecule has 8 aromatic rings. The summed E-state index contributed by atoms with van der Waals surface area (Å²) in [5.74, 6) is 0. The maximum atomic E-state index is 2.42. The first-order chi connectivity index (χ1) is 19.8. The van der Waals surface area contributed by atoms with Crippen molar-refractivity contribution in [2.45, 2.75) is 9.79 Å². The van der Waals surface area contributed by atoms with E-state index < -0.39 is 0 Å². The zero-order valence-corrected chi connectivity index (χ0v) is 22.5. The largest absolute Gasteiger partial charge is 0.309 e. The molecule has 0 N–H and O–H groups in total. The third kappa shape index (κ3) is 3.17. The molecular formula is C38H23NS. The summed E-state index contributed by atoms with van der Waals surface area (Å²) in [6, 6.07) is 51.3. The van der Waals surface area contributed by atoms with Gasteiger partial charge in [-0.05, 0) is 86.9 Å². The van der Waals surface area contributed by atoms with E-state index in [4.69, 9.17) is 0 Å². The predicted octanol–water partition coefficient (Wildman–Crippen LogP) is 10.9. The molecule has 1 aliphatic heterocycles. The molecule has 186 valence electrons. The maximum absolute atomic E-state index is 2.42. The van der Waals surface area contributed by atoms with Crippen molar-refractivity contribution in [1.29, 1.82) is 0 Å². The molecule has 0 saturated carbocycles. The van der Waals surface area contributed by atoms with Crippen molar-refractivity contribution >= 4 is 55.1 Å². The van der Waals surface area contributed by atoms with Crippen molar-refractivity contribution in [3.05, 3.63) is 140 Å². The lowest BCUT2D eigenvalue weighted by molar-refractivity contribution is 1.18. The number of hydrogen-bond acceptors (Lipinski definition) is 1. The fraction of sp³-hybridized carbons (Fsp3) is 0. The molecule has 0 radical (unpaired) electrons. The molecule has 0 amide bonds. The van der Waals surface area contributed by atoms with Gasteiger partial charge in [0.2, 0.25) is 0 Å². The van der Waals surface area contributed by atoms with E-state index in [0.29, 0.717) is 0 Å². The summed E-state index contributed by atoms with van der Waals surface area (Å²) >= 11 is 1.88. The lowest BCUT2D eigenvalue weighted by Gasteiger charge is -2.21. The summed E-state index contributed by atoms with van der Waals surface area (Å²) in [6.07, 6.45) is 0. The van der Waals surface area contributed by atoms with Crippen LogP contribution in [0.2, 0.25) is 0 Å². The first-order valence-corrected chi connectivity index (χ1v) is 14.5. The summed E-state index contributed by atoms with van der Waals surface area (Å²) in [6.45, 7) is 0. The van der Waals surface area contributed by atoms with Crippen LogP contribution in [0.4, 0.5) is 0 Å². The van der Waals surface area contributed by atoms with Crippen molar-refractivity contribution in [3.8, 4) is 27.9 Å². The van der Waals surface area contributed by atoms with E-state index in [1.54, 1.807) is 0 Å². The fourth-order valence-corrected chi connectivity index (χ4v) is 7.61. The van der Waals surface area contributed by atoms with Gasteiger partial charge < -0.3 is 4.57 Å². The summed E-state index contributed by atoms with van der Waals surface area (Å²) in [5.41, 5.74) is 8.77. The van der Waals surface area contributed by atoms with Crippen LogP contribution < -0.4 is 0 Å². The highest BCUT2D eigenvalue weighted by Gasteiger charge is 2.20. The maximum Gasteiger partial charge on any atom is 0.0547 e. The Morgan fingerprint density at radius 3 is 2.00 bits per heavy atom. The average molecular weight is 526 g/mol. The minimum atomic E-state index is 1.18. The van der Waals surface area contributed by atoms with Gasteiger partial charge in [-0.3, -0.25) is 0 Å². The van der Waals surface area contributed by atoms with Crippen molar-refractivity contribution in [1.82, 2.24) is 4.57 Å². The van der Waals surface area contributed by atoms with Gasteiger partial charge in [0.25, 0.3) is 0 Å². The number of benzene rings is 7. The molecule has 0 saturated heterocycles. The fourth-order valence-electron chi connectivity index (χ4n) is 6.48. The summed E-state index contributed by atoms with van der Waals surface area (Å²) < 4.78 is 2.42. The Kier molecular flexibility index (Phi) is 4.61. The topological polar surface area (TPSA) is 4.93 Å². The lowest BCUT2D eigenvalue weighted by Crippen LogP contribution is -1.94. The second-order valence-corrected chi connectivity index (χ2v) is 11.7. The van der Waals surface area contributed by atoms with Gasteiger partial charge in [0, 0.05) is 31.6 Å². The van der Waals surface area contributed by atoms with Crippen LogP contribution in [0.15, 0.2) is 149 Å². The van der Waals surface area contributed by atoms with Crippen molar-refractivity contribution < 1.29 is 0 Å². The Labute approximate surface area is 236 Å². The highest BCUT2D eigenvalue weighted by atomic mass is 32.2. The van der Waals surface area contributed by atoms with E-state index in [1.165, 1.54) is 81.1 Å². The van der Waals surface area contributed by atoms with Crippen LogP contribution in [0, 0.1) is 0 Å². The van der Waals surface area contributed by atoms with Crippen LogP contribution in [-0.4, -0.2) is 4.57 Å². The van der Waals surface area contributed by atoms with Gasteiger partial charge in [0.15, 0.2) is 0 Å². The van der Waals surface area contributed by atoms with Gasteiger partial charge in [-0.2, -0.15) is 0 Å². The highest BCUT2D eigenvalue weighted by Crippen LogP contribution is 2.49. The third-order valence-corrected chi connectivity index (χ3v) is 9.47. The van der Waals surface area contributed by atoms with Gasteiger partial charge in [0.05, 0.1) is 11.0 Å². The minimum absolute atomic E-state index is 1.18.